The predicted molar refractivity (Wildman–Crippen MR) is 94.0 cm³/mol. The van der Waals surface area contributed by atoms with Crippen molar-refractivity contribution in [2.24, 2.45) is 0 Å². The van der Waals surface area contributed by atoms with E-state index in [2.05, 4.69) is 99.8 Å². The first kappa shape index (κ1) is 36.4. The molecule has 8 heteroatoms. The van der Waals surface area contributed by atoms with Gasteiger partial charge in [0.2, 0.25) is 0 Å². The van der Waals surface area contributed by atoms with E-state index in [9.17, 15) is 0 Å². The van der Waals surface area contributed by atoms with Gasteiger partial charge < -0.3 is 0 Å². The van der Waals surface area contributed by atoms with Crippen LogP contribution in [-0.4, -0.2) is 17.8 Å². The summed E-state index contributed by atoms with van der Waals surface area (Å²) in [5.41, 5.74) is 2.66. The molecule has 27 heavy (non-hydrogen) atoms. The van der Waals surface area contributed by atoms with Crippen molar-refractivity contribution in [1.29, 1.82) is 0 Å². The van der Waals surface area contributed by atoms with Gasteiger partial charge in [-0.3, -0.25) is 4.67 Å². The molecule has 0 saturated carbocycles. The Kier molecular flexibility index (Phi) is 43.4. The van der Waals surface area contributed by atoms with Crippen molar-refractivity contribution in [3.63, 3.8) is 0 Å². The van der Waals surface area contributed by atoms with Crippen LogP contribution in [0.3, 0.4) is 0 Å². The van der Waals surface area contributed by atoms with Gasteiger partial charge in [-0.1, -0.05) is 50.3 Å². The van der Waals surface area contributed by atoms with E-state index in [4.69, 9.17) is 23.3 Å². The maximum absolute atomic E-state index is 7.50. The van der Waals surface area contributed by atoms with Gasteiger partial charge in [0, 0.05) is 29.1 Å². The topological polar surface area (TPSA) is 103 Å². The van der Waals surface area contributed by atoms with Gasteiger partial charge in [-0.2, -0.15) is 0 Å². The maximum Gasteiger partial charge on any atom is 0 e. The van der Waals surface area contributed by atoms with E-state index in [1.165, 1.54) is 11.1 Å². The van der Waals surface area contributed by atoms with E-state index in [1.54, 1.807) is 0 Å². The fraction of sp³-hybridized carbons (Fsp3) is 0.211. The zero-order valence-electron chi connectivity index (χ0n) is 14.9. The monoisotopic (exact) mass is 469 g/mol. The van der Waals surface area contributed by atoms with Gasteiger partial charge >= 0.3 is 56.5 Å². The predicted octanol–water partition coefficient (Wildman–Crippen LogP) is 4.19. The number of fused-ring (bicyclic) bond motifs is 1. The minimum absolute atomic E-state index is 0. The minimum Gasteiger partial charge on any atom is 0 e. The molecular formula is C19H18MoNO5P. The molecule has 0 aliphatic carbocycles. The van der Waals surface area contributed by atoms with E-state index in [0.29, 0.717) is 0 Å². The second-order valence-corrected chi connectivity index (χ2v) is 5.70. The van der Waals surface area contributed by atoms with Gasteiger partial charge in [0.05, 0.1) is 0 Å². The molecule has 1 aromatic carbocycles. The molecule has 0 fully saturated rings. The Morgan fingerprint density at radius 2 is 1.00 bits per heavy atom. The molecule has 0 radical (unpaired) electrons. The zero-order valence-corrected chi connectivity index (χ0v) is 17.8. The molecular weight excluding hydrogens is 449 g/mol. The average Bonchev–Trinajstić information content (AvgIpc) is 2.99. The molecule has 6 nitrogen and oxygen atoms in total. The van der Waals surface area contributed by atoms with Crippen LogP contribution in [0.4, 0.5) is 0 Å². The molecule has 1 aliphatic rings. The molecule has 140 valence electrons. The van der Waals surface area contributed by atoms with Crippen molar-refractivity contribution in [1.82, 2.24) is 4.67 Å². The fourth-order valence-electron chi connectivity index (χ4n) is 1.92. The van der Waals surface area contributed by atoms with Crippen molar-refractivity contribution in [2.75, 3.05) is 13.1 Å². The number of nitrogens with zero attached hydrogens (tertiary/aromatic N) is 1. The first-order valence-electron chi connectivity index (χ1n) is 6.86. The maximum atomic E-state index is 7.50. The Morgan fingerprint density at radius 1 is 0.704 bits per heavy atom. The Balaban J connectivity index is -0.000000128. The van der Waals surface area contributed by atoms with Crippen LogP contribution in [0.2, 0.25) is 0 Å². The molecule has 0 N–H and O–H groups in total. The number of benzene rings is 1. The van der Waals surface area contributed by atoms with E-state index in [0.717, 1.165) is 13.1 Å². The van der Waals surface area contributed by atoms with Crippen LogP contribution in [0.15, 0.2) is 35.9 Å². The van der Waals surface area contributed by atoms with Crippen LogP contribution in [0.25, 0.3) is 12.2 Å². The van der Waals surface area contributed by atoms with Crippen molar-refractivity contribution >= 4 is 20.2 Å². The fourth-order valence-corrected chi connectivity index (χ4v) is 3.67. The van der Waals surface area contributed by atoms with E-state index in [-0.39, 0.29) is 29.1 Å². The Morgan fingerprint density at radius 3 is 1.26 bits per heavy atom. The van der Waals surface area contributed by atoms with Gasteiger partial charge in [-0.05, 0) is 35.9 Å². The Labute approximate surface area is 176 Å². The summed E-state index contributed by atoms with van der Waals surface area (Å²) < 4.78 is 40.0. The number of hydrogen-bond donors (Lipinski definition) is 0. The smallest absolute Gasteiger partial charge is 0 e. The summed E-state index contributed by atoms with van der Waals surface area (Å²) in [5, 5.41) is 0. The third-order valence-corrected chi connectivity index (χ3v) is 4.99. The van der Waals surface area contributed by atoms with Crippen LogP contribution in [-0.2, 0) is 44.3 Å². The Hall–Kier alpha value is -1.52. The quantitative estimate of drug-likeness (QED) is 0.283. The van der Waals surface area contributed by atoms with Crippen LogP contribution in [0.5, 0.6) is 0 Å². The van der Waals surface area contributed by atoms with Gasteiger partial charge in [-0.15, -0.1) is 0 Å². The van der Waals surface area contributed by atoms with Crippen molar-refractivity contribution in [3.8, 4) is 0 Å². The van der Waals surface area contributed by atoms with E-state index in [1.807, 2.05) is 0 Å². The summed E-state index contributed by atoms with van der Waals surface area (Å²) in [6.45, 7) is 29.2. The number of rotatable bonds is 3. The van der Waals surface area contributed by atoms with Gasteiger partial charge in [-0.25, -0.2) is 0 Å². The summed E-state index contributed by atoms with van der Waals surface area (Å²) in [7, 11) is -0.236. The molecule has 0 aromatic heterocycles. The van der Waals surface area contributed by atoms with Crippen LogP contribution < -0.4 is 0 Å². The van der Waals surface area contributed by atoms with Crippen LogP contribution in [0.1, 0.15) is 25.0 Å². The normalized spacial score (nSPS) is 9.37. The number of hydrogen-bond acceptors (Lipinski definition) is 1. The standard InChI is InChI=1S/C14H18NP.5CO.Mo/c1-3-15(4-2)16-11-9-13-7-5-6-8-14(13)10-12-16;5*1-2;/h5-12H,3-4H2,1-2H3;;;;;;. The SMILES string of the molecule is CCN(CC)P1C=Cc2ccccc2C=C1.[C-]#[O+].[C-]#[O+].[C-]#[O+].[C-]#[O+].[C-]#[O+].[Mo]. The van der Waals surface area contributed by atoms with Gasteiger partial charge in [0.15, 0.2) is 0 Å². The summed E-state index contributed by atoms with van der Waals surface area (Å²) in [4.78, 5) is 0. The second-order valence-electron chi connectivity index (χ2n) is 3.78. The summed E-state index contributed by atoms with van der Waals surface area (Å²) in [5.74, 6) is 4.70. The summed E-state index contributed by atoms with van der Waals surface area (Å²) in [6, 6.07) is 8.55. The van der Waals surface area contributed by atoms with Gasteiger partial charge in [0.25, 0.3) is 0 Å². The third-order valence-electron chi connectivity index (χ3n) is 2.87. The largest absolute Gasteiger partial charge is 0 e. The molecule has 0 saturated heterocycles. The van der Waals surface area contributed by atoms with Crippen molar-refractivity contribution < 1.29 is 44.3 Å². The van der Waals surface area contributed by atoms with Crippen LogP contribution >= 0.6 is 8.07 Å². The summed E-state index contributed by atoms with van der Waals surface area (Å²) >= 11 is 0. The van der Waals surface area contributed by atoms with E-state index >= 15 is 0 Å². The van der Waals surface area contributed by atoms with Gasteiger partial charge in [0.1, 0.15) is 0 Å². The second kappa shape index (κ2) is 32.2. The minimum atomic E-state index is -0.236. The molecule has 0 spiro atoms. The molecule has 1 aliphatic heterocycles. The van der Waals surface area contributed by atoms with Crippen molar-refractivity contribution in [3.05, 3.63) is 80.3 Å². The molecule has 2 rings (SSSR count). The zero-order chi connectivity index (χ0) is 21.4. The van der Waals surface area contributed by atoms with Crippen molar-refractivity contribution in [2.45, 2.75) is 13.8 Å². The molecule has 0 amide bonds. The molecule has 0 atom stereocenters. The third kappa shape index (κ3) is 16.4. The summed E-state index contributed by atoms with van der Waals surface area (Å²) in [6.07, 6.45) is 4.53. The molecule has 1 heterocycles. The van der Waals surface area contributed by atoms with Crippen LogP contribution in [0, 0.1) is 33.3 Å². The molecule has 0 unspecified atom stereocenters. The average molecular weight is 467 g/mol. The first-order valence-corrected chi connectivity index (χ1v) is 8.29. The first-order chi connectivity index (χ1) is 12.8. The van der Waals surface area contributed by atoms with E-state index < -0.39 is 0 Å². The Bertz CT molecular complexity index is 549. The molecule has 1 aromatic rings. The molecule has 0 bridgehead atoms.